The number of benzene rings is 1. The molecule has 20 heavy (non-hydrogen) atoms. The molecule has 0 bridgehead atoms. The van der Waals surface area contributed by atoms with Crippen LogP contribution in [0.5, 0.6) is 11.6 Å². The number of pyridine rings is 1. The van der Waals surface area contributed by atoms with Gasteiger partial charge in [-0.3, -0.25) is 4.98 Å². The van der Waals surface area contributed by atoms with Crippen molar-refractivity contribution >= 4 is 16.9 Å². The van der Waals surface area contributed by atoms with Crippen molar-refractivity contribution in [3.8, 4) is 11.6 Å². The quantitative estimate of drug-likeness (QED) is 0.784. The number of carbonyl (C=O) groups is 1. The van der Waals surface area contributed by atoms with Crippen molar-refractivity contribution < 1.29 is 14.6 Å². The minimum Gasteiger partial charge on any atom is -0.477 e. The summed E-state index contributed by atoms with van der Waals surface area (Å²) in [5.41, 5.74) is 0.588. The molecule has 0 fully saturated rings. The van der Waals surface area contributed by atoms with E-state index in [1.807, 2.05) is 18.2 Å². The van der Waals surface area contributed by atoms with Crippen molar-refractivity contribution in [1.29, 1.82) is 0 Å². The van der Waals surface area contributed by atoms with Gasteiger partial charge in [-0.25, -0.2) is 4.79 Å². The van der Waals surface area contributed by atoms with E-state index < -0.39 is 5.97 Å². The predicted octanol–water partition coefficient (Wildman–Crippen LogP) is 2.52. The molecule has 6 heteroatoms. The third kappa shape index (κ3) is 2.14. The lowest BCUT2D eigenvalue weighted by atomic mass is 10.2. The van der Waals surface area contributed by atoms with Crippen LogP contribution in [0.2, 0.25) is 0 Å². The maximum absolute atomic E-state index is 11.1. The van der Waals surface area contributed by atoms with Crippen LogP contribution in [0, 0.1) is 0 Å². The molecule has 0 saturated carbocycles. The number of hydrogen-bond acceptors (Lipinski definition) is 5. The van der Waals surface area contributed by atoms with Gasteiger partial charge in [0, 0.05) is 11.6 Å². The first-order valence-corrected chi connectivity index (χ1v) is 5.82. The first kappa shape index (κ1) is 12.0. The second-order valence-electron chi connectivity index (χ2n) is 3.99. The van der Waals surface area contributed by atoms with Crippen LogP contribution in [0.15, 0.2) is 48.8 Å². The molecular formula is C14H9N3O3. The molecule has 3 aromatic rings. The largest absolute Gasteiger partial charge is 0.477 e. The molecule has 0 atom stereocenters. The summed E-state index contributed by atoms with van der Waals surface area (Å²) >= 11 is 0. The van der Waals surface area contributed by atoms with Crippen LogP contribution in [0.4, 0.5) is 0 Å². The van der Waals surface area contributed by atoms with Crippen molar-refractivity contribution in [2.45, 2.75) is 0 Å². The summed E-state index contributed by atoms with van der Waals surface area (Å²) in [5.74, 6) is -0.743. The molecular weight excluding hydrogens is 258 g/mol. The fourth-order valence-corrected chi connectivity index (χ4v) is 1.82. The number of carboxylic acid groups (broad SMARTS) is 1. The Balaban J connectivity index is 2.08. The van der Waals surface area contributed by atoms with E-state index in [1.165, 1.54) is 12.3 Å². The van der Waals surface area contributed by atoms with Crippen LogP contribution in [-0.4, -0.2) is 26.3 Å². The third-order valence-corrected chi connectivity index (χ3v) is 2.72. The lowest BCUT2D eigenvalue weighted by molar-refractivity contribution is 0.0693. The highest BCUT2D eigenvalue weighted by Gasteiger charge is 2.14. The Bertz CT molecular complexity index is 784. The highest BCUT2D eigenvalue weighted by Crippen LogP contribution is 2.28. The number of nitrogens with zero attached hydrogens (tertiary/aromatic N) is 3. The SMILES string of the molecule is O=C(O)c1ccnnc1Oc1cccc2cccnc12. The van der Waals surface area contributed by atoms with Gasteiger partial charge in [-0.15, -0.1) is 5.10 Å². The van der Waals surface area contributed by atoms with Crippen molar-refractivity contribution in [1.82, 2.24) is 15.2 Å². The highest BCUT2D eigenvalue weighted by atomic mass is 16.5. The maximum Gasteiger partial charge on any atom is 0.341 e. The lowest BCUT2D eigenvalue weighted by Crippen LogP contribution is -2.03. The predicted molar refractivity (Wildman–Crippen MR) is 70.8 cm³/mol. The van der Waals surface area contributed by atoms with Gasteiger partial charge >= 0.3 is 5.97 Å². The van der Waals surface area contributed by atoms with Gasteiger partial charge in [-0.05, 0) is 18.2 Å². The first-order chi connectivity index (χ1) is 9.75. The van der Waals surface area contributed by atoms with Crippen molar-refractivity contribution in [3.05, 3.63) is 54.4 Å². The van der Waals surface area contributed by atoms with Gasteiger partial charge in [0.05, 0.1) is 6.20 Å². The highest BCUT2D eigenvalue weighted by molar-refractivity contribution is 5.90. The van der Waals surface area contributed by atoms with E-state index in [1.54, 1.807) is 18.3 Å². The van der Waals surface area contributed by atoms with Crippen LogP contribution in [-0.2, 0) is 0 Å². The minimum atomic E-state index is -1.12. The van der Waals surface area contributed by atoms with E-state index in [4.69, 9.17) is 9.84 Å². The van der Waals surface area contributed by atoms with Gasteiger partial charge in [-0.1, -0.05) is 18.2 Å². The van der Waals surface area contributed by atoms with Gasteiger partial charge in [0.2, 0.25) is 0 Å². The summed E-state index contributed by atoms with van der Waals surface area (Å²) in [4.78, 5) is 15.3. The molecule has 0 saturated heterocycles. The number of para-hydroxylation sites is 1. The average Bonchev–Trinajstić information content (AvgIpc) is 2.48. The zero-order chi connectivity index (χ0) is 13.9. The van der Waals surface area contributed by atoms with Crippen LogP contribution < -0.4 is 4.74 Å². The zero-order valence-electron chi connectivity index (χ0n) is 10.2. The van der Waals surface area contributed by atoms with Gasteiger partial charge in [0.15, 0.2) is 5.75 Å². The van der Waals surface area contributed by atoms with Crippen LogP contribution in [0.1, 0.15) is 10.4 Å². The van der Waals surface area contributed by atoms with E-state index in [0.717, 1.165) is 5.39 Å². The molecule has 2 heterocycles. The Morgan fingerprint density at radius 1 is 1.10 bits per heavy atom. The van der Waals surface area contributed by atoms with E-state index in [9.17, 15) is 4.79 Å². The van der Waals surface area contributed by atoms with Gasteiger partial charge in [0.1, 0.15) is 11.1 Å². The number of ether oxygens (including phenoxy) is 1. The Labute approximate surface area is 113 Å². The number of aromatic nitrogens is 3. The Hall–Kier alpha value is -3.02. The van der Waals surface area contributed by atoms with Gasteiger partial charge in [-0.2, -0.15) is 5.10 Å². The van der Waals surface area contributed by atoms with E-state index in [-0.39, 0.29) is 11.4 Å². The first-order valence-electron chi connectivity index (χ1n) is 5.82. The molecule has 3 rings (SSSR count). The number of aromatic carboxylic acids is 1. The van der Waals surface area contributed by atoms with Crippen LogP contribution in [0.3, 0.4) is 0 Å². The maximum atomic E-state index is 11.1. The minimum absolute atomic E-state index is 0.0482. The fraction of sp³-hybridized carbons (Fsp3) is 0. The summed E-state index contributed by atoms with van der Waals surface area (Å²) < 4.78 is 5.57. The van der Waals surface area contributed by atoms with E-state index >= 15 is 0 Å². The van der Waals surface area contributed by atoms with Crippen molar-refractivity contribution in [3.63, 3.8) is 0 Å². The second kappa shape index (κ2) is 4.93. The molecule has 0 aliphatic heterocycles. The standard InChI is InChI=1S/C14H9N3O3/c18-14(19)10-6-8-16-17-13(10)20-11-5-1-3-9-4-2-7-15-12(9)11/h1-8H,(H,18,19). The summed E-state index contributed by atoms with van der Waals surface area (Å²) in [5, 5.41) is 17.4. The monoisotopic (exact) mass is 267 g/mol. The molecule has 1 aromatic carbocycles. The fourth-order valence-electron chi connectivity index (χ4n) is 1.82. The summed E-state index contributed by atoms with van der Waals surface area (Å²) in [7, 11) is 0. The number of fused-ring (bicyclic) bond motifs is 1. The topological polar surface area (TPSA) is 85.2 Å². The number of hydrogen-bond donors (Lipinski definition) is 1. The molecule has 0 aliphatic rings. The van der Waals surface area contributed by atoms with E-state index in [0.29, 0.717) is 11.3 Å². The van der Waals surface area contributed by atoms with Crippen molar-refractivity contribution in [2.24, 2.45) is 0 Å². The molecule has 0 unspecified atom stereocenters. The van der Waals surface area contributed by atoms with Gasteiger partial charge in [0.25, 0.3) is 5.88 Å². The molecule has 0 amide bonds. The summed E-state index contributed by atoms with van der Waals surface area (Å²) in [6.07, 6.45) is 2.95. The number of carboxylic acids is 1. The Morgan fingerprint density at radius 2 is 1.95 bits per heavy atom. The smallest absolute Gasteiger partial charge is 0.341 e. The molecule has 98 valence electrons. The number of rotatable bonds is 3. The summed E-state index contributed by atoms with van der Waals surface area (Å²) in [6, 6.07) is 10.4. The Morgan fingerprint density at radius 3 is 2.80 bits per heavy atom. The molecule has 0 spiro atoms. The van der Waals surface area contributed by atoms with E-state index in [2.05, 4.69) is 15.2 Å². The molecule has 1 N–H and O–H groups in total. The molecule has 6 nitrogen and oxygen atoms in total. The normalized spacial score (nSPS) is 10.4. The second-order valence-corrected chi connectivity index (χ2v) is 3.99. The molecule has 0 aliphatic carbocycles. The van der Waals surface area contributed by atoms with Gasteiger partial charge < -0.3 is 9.84 Å². The molecule has 0 radical (unpaired) electrons. The average molecular weight is 267 g/mol. The molecule has 2 aromatic heterocycles. The summed E-state index contributed by atoms with van der Waals surface area (Å²) in [6.45, 7) is 0. The third-order valence-electron chi connectivity index (χ3n) is 2.72. The van der Waals surface area contributed by atoms with Crippen LogP contribution in [0.25, 0.3) is 10.9 Å². The van der Waals surface area contributed by atoms with Crippen LogP contribution >= 0.6 is 0 Å². The Kier molecular flexibility index (Phi) is 2.96. The van der Waals surface area contributed by atoms with Crippen molar-refractivity contribution in [2.75, 3.05) is 0 Å². The lowest BCUT2D eigenvalue weighted by Gasteiger charge is -2.08. The zero-order valence-corrected chi connectivity index (χ0v) is 10.2.